The lowest BCUT2D eigenvalue weighted by molar-refractivity contribution is -0.152. The zero-order valence-electron chi connectivity index (χ0n) is 17.1. The second kappa shape index (κ2) is 12.4. The van der Waals surface area contributed by atoms with Crippen LogP contribution in [0, 0.1) is 5.92 Å². The Balaban J connectivity index is 1.93. The summed E-state index contributed by atoms with van der Waals surface area (Å²) in [4.78, 5) is 39.1. The molecular weight excluding hydrogens is 392 g/mol. The Labute approximate surface area is 176 Å². The first-order valence-electron chi connectivity index (χ1n) is 9.96. The van der Waals surface area contributed by atoms with Gasteiger partial charge in [-0.1, -0.05) is 18.2 Å². The lowest BCUT2D eigenvalue weighted by atomic mass is 9.97. The van der Waals surface area contributed by atoms with Gasteiger partial charge in [-0.2, -0.15) is 11.8 Å². The Hall–Kier alpha value is -2.22. The molecule has 1 aromatic carbocycles. The van der Waals surface area contributed by atoms with Crippen LogP contribution in [0.2, 0.25) is 0 Å². The number of benzene rings is 1. The van der Waals surface area contributed by atoms with Gasteiger partial charge in [0.2, 0.25) is 5.91 Å². The van der Waals surface area contributed by atoms with Gasteiger partial charge in [0, 0.05) is 13.1 Å². The van der Waals surface area contributed by atoms with Crippen molar-refractivity contribution in [2.75, 3.05) is 38.3 Å². The predicted molar refractivity (Wildman–Crippen MR) is 113 cm³/mol. The number of para-hydroxylation sites is 1. The SMILES string of the molecule is CCOC(=O)[C@H]1CCCN(C(=O)[C@@H](CCSC)NC(=O)COc2ccccc2)C1. The van der Waals surface area contributed by atoms with Crippen LogP contribution in [0.1, 0.15) is 26.2 Å². The molecule has 0 saturated carbocycles. The van der Waals surface area contributed by atoms with E-state index >= 15 is 0 Å². The van der Waals surface area contributed by atoms with Crippen molar-refractivity contribution in [1.82, 2.24) is 10.2 Å². The molecule has 0 radical (unpaired) electrons. The van der Waals surface area contributed by atoms with Crippen molar-refractivity contribution in [1.29, 1.82) is 0 Å². The molecule has 2 amide bonds. The van der Waals surface area contributed by atoms with E-state index in [0.29, 0.717) is 31.9 Å². The number of piperidine rings is 1. The third-order valence-electron chi connectivity index (χ3n) is 4.71. The van der Waals surface area contributed by atoms with Gasteiger partial charge in [-0.15, -0.1) is 0 Å². The standard InChI is InChI=1S/C21H30N2O5S/c1-3-27-21(26)16-8-7-12-23(14-16)20(25)18(11-13-29-2)22-19(24)15-28-17-9-5-4-6-10-17/h4-6,9-10,16,18H,3,7-8,11-15H2,1-2H3,(H,22,24)/t16-,18+/m0/s1. The van der Waals surface area contributed by atoms with Gasteiger partial charge in [0.25, 0.3) is 5.91 Å². The average Bonchev–Trinajstić information content (AvgIpc) is 2.75. The van der Waals surface area contributed by atoms with Crippen LogP contribution in [0.15, 0.2) is 30.3 Å². The van der Waals surface area contributed by atoms with Gasteiger partial charge >= 0.3 is 5.97 Å². The number of carbonyl (C=O) groups excluding carboxylic acids is 3. The number of carbonyl (C=O) groups is 3. The van der Waals surface area contributed by atoms with Crippen molar-refractivity contribution in [3.8, 4) is 5.75 Å². The van der Waals surface area contributed by atoms with E-state index < -0.39 is 6.04 Å². The molecule has 0 unspecified atom stereocenters. The highest BCUT2D eigenvalue weighted by Gasteiger charge is 2.33. The number of thioether (sulfide) groups is 1. The first-order chi connectivity index (χ1) is 14.0. The summed E-state index contributed by atoms with van der Waals surface area (Å²) in [7, 11) is 0. The molecule has 1 fully saturated rings. The Bertz CT molecular complexity index is 670. The van der Waals surface area contributed by atoms with E-state index in [1.165, 1.54) is 0 Å². The number of nitrogens with one attached hydrogen (secondary N) is 1. The molecule has 1 aromatic rings. The van der Waals surface area contributed by atoms with Crippen LogP contribution in [-0.2, 0) is 19.1 Å². The Morgan fingerprint density at radius 3 is 2.72 bits per heavy atom. The number of hydrogen-bond acceptors (Lipinski definition) is 6. The summed E-state index contributed by atoms with van der Waals surface area (Å²) in [6.45, 7) is 2.87. The first kappa shape index (κ1) is 23.1. The summed E-state index contributed by atoms with van der Waals surface area (Å²) in [5, 5.41) is 2.80. The normalized spacial score (nSPS) is 17.3. The summed E-state index contributed by atoms with van der Waals surface area (Å²) < 4.78 is 10.6. The summed E-state index contributed by atoms with van der Waals surface area (Å²) in [5.41, 5.74) is 0. The predicted octanol–water partition coefficient (Wildman–Crippen LogP) is 2.10. The van der Waals surface area contributed by atoms with Crippen molar-refractivity contribution in [3.63, 3.8) is 0 Å². The van der Waals surface area contributed by atoms with Gasteiger partial charge in [-0.05, 0) is 50.3 Å². The van der Waals surface area contributed by atoms with Gasteiger partial charge in [0.1, 0.15) is 11.8 Å². The second-order valence-corrected chi connectivity index (χ2v) is 7.86. The molecule has 2 atom stereocenters. The molecular formula is C21H30N2O5S. The van der Waals surface area contributed by atoms with Crippen LogP contribution in [0.3, 0.4) is 0 Å². The van der Waals surface area contributed by atoms with Crippen LogP contribution >= 0.6 is 11.8 Å². The molecule has 7 nitrogen and oxygen atoms in total. The highest BCUT2D eigenvalue weighted by molar-refractivity contribution is 7.98. The summed E-state index contributed by atoms with van der Waals surface area (Å²) in [5.74, 6) is 0.291. The van der Waals surface area contributed by atoms with Crippen molar-refractivity contribution < 1.29 is 23.9 Å². The quantitative estimate of drug-likeness (QED) is 0.582. The minimum atomic E-state index is -0.629. The minimum Gasteiger partial charge on any atom is -0.484 e. The van der Waals surface area contributed by atoms with Crippen molar-refractivity contribution in [3.05, 3.63) is 30.3 Å². The molecule has 0 aliphatic carbocycles. The molecule has 0 aromatic heterocycles. The molecule has 0 bridgehead atoms. The van der Waals surface area contributed by atoms with E-state index in [0.717, 1.165) is 18.6 Å². The fourth-order valence-electron chi connectivity index (χ4n) is 3.24. The molecule has 1 N–H and O–H groups in total. The Kier molecular flexibility index (Phi) is 9.83. The maximum atomic E-state index is 13.0. The monoisotopic (exact) mass is 422 g/mol. The van der Waals surface area contributed by atoms with Gasteiger partial charge in [-0.3, -0.25) is 14.4 Å². The number of rotatable bonds is 10. The summed E-state index contributed by atoms with van der Waals surface area (Å²) in [6, 6.07) is 8.43. The number of hydrogen-bond donors (Lipinski definition) is 1. The Morgan fingerprint density at radius 1 is 1.28 bits per heavy atom. The fraction of sp³-hybridized carbons (Fsp3) is 0.571. The zero-order valence-corrected chi connectivity index (χ0v) is 17.9. The molecule has 8 heteroatoms. The number of likely N-dealkylation sites (tertiary alicyclic amines) is 1. The maximum absolute atomic E-state index is 13.0. The van der Waals surface area contributed by atoms with Crippen molar-refractivity contribution >= 4 is 29.5 Å². The van der Waals surface area contributed by atoms with Gasteiger partial charge in [0.15, 0.2) is 6.61 Å². The van der Waals surface area contributed by atoms with E-state index in [9.17, 15) is 14.4 Å². The van der Waals surface area contributed by atoms with E-state index in [1.54, 1.807) is 35.7 Å². The summed E-state index contributed by atoms with van der Waals surface area (Å²) >= 11 is 1.62. The van der Waals surface area contributed by atoms with E-state index in [2.05, 4.69) is 5.32 Å². The van der Waals surface area contributed by atoms with Crippen molar-refractivity contribution in [2.45, 2.75) is 32.2 Å². The van der Waals surface area contributed by atoms with Crippen molar-refractivity contribution in [2.24, 2.45) is 5.92 Å². The Morgan fingerprint density at radius 2 is 2.03 bits per heavy atom. The molecule has 0 spiro atoms. The maximum Gasteiger partial charge on any atom is 0.310 e. The molecule has 1 aliphatic rings. The topological polar surface area (TPSA) is 84.9 Å². The fourth-order valence-corrected chi connectivity index (χ4v) is 3.72. The van der Waals surface area contributed by atoms with Crippen LogP contribution in [0.5, 0.6) is 5.75 Å². The molecule has 2 rings (SSSR count). The van der Waals surface area contributed by atoms with E-state index in [-0.39, 0.29) is 30.3 Å². The van der Waals surface area contributed by atoms with E-state index in [1.807, 2.05) is 24.5 Å². The number of amides is 2. The summed E-state index contributed by atoms with van der Waals surface area (Å²) in [6.07, 6.45) is 3.95. The second-order valence-electron chi connectivity index (χ2n) is 6.88. The molecule has 160 valence electrons. The number of nitrogens with zero attached hydrogens (tertiary/aromatic N) is 1. The lowest BCUT2D eigenvalue weighted by Crippen LogP contribution is -2.53. The van der Waals surface area contributed by atoms with Crippen LogP contribution < -0.4 is 10.1 Å². The first-order valence-corrected chi connectivity index (χ1v) is 11.4. The van der Waals surface area contributed by atoms with Gasteiger partial charge in [0.05, 0.1) is 12.5 Å². The van der Waals surface area contributed by atoms with Crippen LogP contribution in [0.4, 0.5) is 0 Å². The van der Waals surface area contributed by atoms with E-state index in [4.69, 9.17) is 9.47 Å². The average molecular weight is 423 g/mol. The van der Waals surface area contributed by atoms with Gasteiger partial charge < -0.3 is 19.7 Å². The zero-order chi connectivity index (χ0) is 21.1. The third-order valence-corrected chi connectivity index (χ3v) is 5.35. The third kappa shape index (κ3) is 7.61. The van der Waals surface area contributed by atoms with Crippen LogP contribution in [0.25, 0.3) is 0 Å². The minimum absolute atomic E-state index is 0.152. The molecule has 1 heterocycles. The highest BCUT2D eigenvalue weighted by Crippen LogP contribution is 2.19. The smallest absolute Gasteiger partial charge is 0.310 e. The largest absolute Gasteiger partial charge is 0.484 e. The molecule has 29 heavy (non-hydrogen) atoms. The van der Waals surface area contributed by atoms with Crippen LogP contribution in [-0.4, -0.2) is 67.0 Å². The number of ether oxygens (including phenoxy) is 2. The highest BCUT2D eigenvalue weighted by atomic mass is 32.2. The molecule has 1 aliphatic heterocycles. The lowest BCUT2D eigenvalue weighted by Gasteiger charge is -2.34. The number of esters is 1. The van der Waals surface area contributed by atoms with Gasteiger partial charge in [-0.25, -0.2) is 0 Å². The molecule has 1 saturated heterocycles.